The van der Waals surface area contributed by atoms with Crippen molar-refractivity contribution in [2.45, 2.75) is 13.2 Å². The summed E-state index contributed by atoms with van der Waals surface area (Å²) in [5.41, 5.74) is 1.61. The summed E-state index contributed by atoms with van der Waals surface area (Å²) >= 11 is 0. The molecule has 0 radical (unpaired) electrons. The minimum atomic E-state index is -0.142. The highest BCUT2D eigenvalue weighted by atomic mass is 16.5. The first-order valence-corrected chi connectivity index (χ1v) is 5.67. The van der Waals surface area contributed by atoms with Crippen LogP contribution in [0.1, 0.15) is 11.3 Å². The van der Waals surface area contributed by atoms with Crippen LogP contribution in [0.4, 0.5) is 0 Å². The van der Waals surface area contributed by atoms with Crippen LogP contribution in [-0.2, 0) is 18.0 Å². The zero-order valence-corrected chi connectivity index (χ0v) is 10.2. The van der Waals surface area contributed by atoms with Crippen LogP contribution in [0.2, 0.25) is 0 Å². The van der Waals surface area contributed by atoms with Gasteiger partial charge in [-0.15, -0.1) is 0 Å². The summed E-state index contributed by atoms with van der Waals surface area (Å²) in [7, 11) is 1.58. The first-order valence-electron chi connectivity index (χ1n) is 5.67. The van der Waals surface area contributed by atoms with Gasteiger partial charge < -0.3 is 14.5 Å². The van der Waals surface area contributed by atoms with Crippen molar-refractivity contribution >= 4 is 0 Å². The third-order valence-electron chi connectivity index (χ3n) is 2.47. The summed E-state index contributed by atoms with van der Waals surface area (Å²) in [4.78, 5) is 14.7. The molecule has 94 valence electrons. The smallest absolute Gasteiger partial charge is 0.223 e. The molecule has 0 spiro atoms. The maximum absolute atomic E-state index is 11.7. The molecule has 0 amide bonds. The van der Waals surface area contributed by atoms with Crippen molar-refractivity contribution in [3.8, 4) is 5.75 Å². The highest BCUT2D eigenvalue weighted by Gasteiger charge is 2.02. The van der Waals surface area contributed by atoms with Gasteiger partial charge in [0, 0.05) is 25.1 Å². The Morgan fingerprint density at radius 1 is 1.17 bits per heavy atom. The number of ether oxygens (including phenoxy) is 2. The monoisotopic (exact) mass is 245 g/mol. The van der Waals surface area contributed by atoms with E-state index in [1.807, 2.05) is 30.3 Å². The average molecular weight is 245 g/mol. The predicted octanol–water partition coefficient (Wildman–Crippen LogP) is 2.10. The largest absolute Gasteiger partial charge is 0.483 e. The quantitative estimate of drug-likeness (QED) is 0.877. The molecule has 4 nitrogen and oxygen atoms in total. The van der Waals surface area contributed by atoms with Crippen molar-refractivity contribution in [2.24, 2.45) is 0 Å². The lowest BCUT2D eigenvalue weighted by atomic mass is 10.2. The molecule has 0 aliphatic carbocycles. The maximum atomic E-state index is 11.7. The second kappa shape index (κ2) is 6.02. The van der Waals surface area contributed by atoms with E-state index in [4.69, 9.17) is 9.47 Å². The van der Waals surface area contributed by atoms with E-state index >= 15 is 0 Å². The lowest BCUT2D eigenvalue weighted by Gasteiger charge is -2.06. The second-order valence-corrected chi connectivity index (χ2v) is 3.89. The molecule has 1 aromatic heterocycles. The van der Waals surface area contributed by atoms with E-state index in [9.17, 15) is 4.79 Å². The van der Waals surface area contributed by atoms with Crippen molar-refractivity contribution in [1.82, 2.24) is 4.98 Å². The standard InChI is InChI=1S/C14H15NO3/c1-17-10-12-7-13(16)14(8-15-12)18-9-11-5-3-2-4-6-11/h2-8H,9-10H2,1H3,(H,15,16). The maximum Gasteiger partial charge on any atom is 0.223 e. The molecule has 2 aromatic rings. The number of hydrogen-bond acceptors (Lipinski definition) is 3. The fourth-order valence-electron chi connectivity index (χ4n) is 1.59. The van der Waals surface area contributed by atoms with Gasteiger partial charge in [-0.3, -0.25) is 4.79 Å². The van der Waals surface area contributed by atoms with Crippen molar-refractivity contribution in [3.63, 3.8) is 0 Å². The molecule has 0 unspecified atom stereocenters. The minimum Gasteiger partial charge on any atom is -0.483 e. The number of pyridine rings is 1. The third-order valence-corrected chi connectivity index (χ3v) is 2.47. The number of H-pyrrole nitrogens is 1. The Morgan fingerprint density at radius 3 is 2.61 bits per heavy atom. The Morgan fingerprint density at radius 2 is 1.94 bits per heavy atom. The number of rotatable bonds is 5. The SMILES string of the molecule is COCc1cc(=O)c(OCc2ccccc2)c[nH]1. The summed E-state index contributed by atoms with van der Waals surface area (Å²) in [6.45, 7) is 0.766. The number of methoxy groups -OCH3 is 1. The molecular weight excluding hydrogens is 230 g/mol. The van der Waals surface area contributed by atoms with Gasteiger partial charge in [0.05, 0.1) is 6.61 Å². The molecule has 0 atom stereocenters. The molecule has 0 saturated heterocycles. The van der Waals surface area contributed by atoms with Crippen molar-refractivity contribution in [1.29, 1.82) is 0 Å². The van der Waals surface area contributed by atoms with Crippen LogP contribution >= 0.6 is 0 Å². The number of aromatic nitrogens is 1. The number of hydrogen-bond donors (Lipinski definition) is 1. The molecule has 18 heavy (non-hydrogen) atoms. The van der Waals surface area contributed by atoms with Gasteiger partial charge in [0.25, 0.3) is 0 Å². The van der Waals surface area contributed by atoms with Gasteiger partial charge in [0.1, 0.15) is 6.61 Å². The van der Waals surface area contributed by atoms with Crippen LogP contribution < -0.4 is 10.2 Å². The summed E-state index contributed by atoms with van der Waals surface area (Å²) in [5.74, 6) is 0.318. The van der Waals surface area contributed by atoms with E-state index in [1.165, 1.54) is 6.07 Å². The molecule has 1 N–H and O–H groups in total. The highest BCUT2D eigenvalue weighted by Crippen LogP contribution is 2.07. The summed E-state index contributed by atoms with van der Waals surface area (Å²) in [5, 5.41) is 0. The van der Waals surface area contributed by atoms with Crippen LogP contribution in [0.25, 0.3) is 0 Å². The molecule has 0 bridgehead atoms. The predicted molar refractivity (Wildman–Crippen MR) is 68.5 cm³/mol. The van der Waals surface area contributed by atoms with Crippen LogP contribution in [0.5, 0.6) is 5.75 Å². The van der Waals surface area contributed by atoms with Gasteiger partial charge in [0.2, 0.25) is 5.43 Å². The van der Waals surface area contributed by atoms with Crippen molar-refractivity contribution in [3.05, 3.63) is 64.1 Å². The van der Waals surface area contributed by atoms with Gasteiger partial charge in [-0.25, -0.2) is 0 Å². The molecule has 1 heterocycles. The van der Waals surface area contributed by atoms with Gasteiger partial charge in [0.15, 0.2) is 5.75 Å². The Kier molecular flexibility index (Phi) is 4.15. The minimum absolute atomic E-state index is 0.142. The third kappa shape index (κ3) is 3.21. The fourth-order valence-corrected chi connectivity index (χ4v) is 1.59. The molecule has 2 rings (SSSR count). The molecule has 0 saturated carbocycles. The van der Waals surface area contributed by atoms with Crippen molar-refractivity contribution in [2.75, 3.05) is 7.11 Å². The number of aromatic amines is 1. The van der Waals surface area contributed by atoms with E-state index in [1.54, 1.807) is 13.3 Å². The molecule has 0 aliphatic heterocycles. The number of nitrogens with one attached hydrogen (secondary N) is 1. The van der Waals surface area contributed by atoms with Crippen LogP contribution in [0, 0.1) is 0 Å². The zero-order chi connectivity index (χ0) is 12.8. The van der Waals surface area contributed by atoms with Gasteiger partial charge in [-0.1, -0.05) is 30.3 Å². The normalized spacial score (nSPS) is 10.3. The second-order valence-electron chi connectivity index (χ2n) is 3.89. The molecule has 0 aliphatic rings. The van der Waals surface area contributed by atoms with E-state index in [2.05, 4.69) is 4.98 Å². The van der Waals surface area contributed by atoms with Gasteiger partial charge in [-0.05, 0) is 5.56 Å². The first kappa shape index (κ1) is 12.4. The Hall–Kier alpha value is -2.07. The van der Waals surface area contributed by atoms with Crippen LogP contribution in [0.3, 0.4) is 0 Å². The topological polar surface area (TPSA) is 51.3 Å². The zero-order valence-electron chi connectivity index (χ0n) is 10.2. The summed E-state index contributed by atoms with van der Waals surface area (Å²) in [6.07, 6.45) is 1.57. The van der Waals surface area contributed by atoms with E-state index < -0.39 is 0 Å². The molecular formula is C14H15NO3. The van der Waals surface area contributed by atoms with Gasteiger partial charge in [-0.2, -0.15) is 0 Å². The lowest BCUT2D eigenvalue weighted by Crippen LogP contribution is -2.09. The number of benzene rings is 1. The lowest BCUT2D eigenvalue weighted by molar-refractivity contribution is 0.181. The first-order chi connectivity index (χ1) is 8.79. The molecule has 1 aromatic carbocycles. The van der Waals surface area contributed by atoms with Gasteiger partial charge >= 0.3 is 0 Å². The fraction of sp³-hybridized carbons (Fsp3) is 0.214. The Bertz CT molecular complexity index is 548. The van der Waals surface area contributed by atoms with E-state index in [0.717, 1.165) is 11.3 Å². The Labute approximate surface area is 105 Å². The Balaban J connectivity index is 2.04. The highest BCUT2D eigenvalue weighted by molar-refractivity contribution is 5.21. The average Bonchev–Trinajstić information content (AvgIpc) is 2.39. The van der Waals surface area contributed by atoms with Crippen LogP contribution in [-0.4, -0.2) is 12.1 Å². The molecule has 4 heteroatoms. The summed E-state index contributed by atoms with van der Waals surface area (Å²) < 4.78 is 10.4. The van der Waals surface area contributed by atoms with E-state index in [-0.39, 0.29) is 5.43 Å². The summed E-state index contributed by atoms with van der Waals surface area (Å²) in [6, 6.07) is 11.2. The van der Waals surface area contributed by atoms with Crippen LogP contribution in [0.15, 0.2) is 47.4 Å². The van der Waals surface area contributed by atoms with E-state index in [0.29, 0.717) is 19.0 Å². The molecule has 0 fully saturated rings. The van der Waals surface area contributed by atoms with Crippen molar-refractivity contribution < 1.29 is 9.47 Å².